The van der Waals surface area contributed by atoms with E-state index in [1.54, 1.807) is 35.5 Å². The first-order valence-corrected chi connectivity index (χ1v) is 11.4. The number of nitrogens with zero attached hydrogens (tertiary/aromatic N) is 3. The van der Waals surface area contributed by atoms with E-state index in [4.69, 9.17) is 11.6 Å². The van der Waals surface area contributed by atoms with Crippen molar-refractivity contribution in [3.63, 3.8) is 0 Å². The van der Waals surface area contributed by atoms with E-state index >= 15 is 0 Å². The van der Waals surface area contributed by atoms with Gasteiger partial charge in [0.05, 0.1) is 16.3 Å². The van der Waals surface area contributed by atoms with Gasteiger partial charge in [0.1, 0.15) is 11.3 Å². The highest BCUT2D eigenvalue weighted by Crippen LogP contribution is 2.34. The number of rotatable bonds is 7. The Kier molecular flexibility index (Phi) is 6.62. The molecule has 4 rings (SSSR count). The second-order valence-electron chi connectivity index (χ2n) is 6.48. The lowest BCUT2D eigenvalue weighted by Crippen LogP contribution is -2.30. The number of hydrogen-bond donors (Lipinski definition) is 0. The third kappa shape index (κ3) is 4.98. The Morgan fingerprint density at radius 2 is 1.97 bits per heavy atom. The van der Waals surface area contributed by atoms with Crippen molar-refractivity contribution in [2.45, 2.75) is 17.9 Å². The van der Waals surface area contributed by atoms with Gasteiger partial charge in [-0.1, -0.05) is 35.1 Å². The van der Waals surface area contributed by atoms with Gasteiger partial charge in [-0.3, -0.25) is 14.7 Å². The van der Waals surface area contributed by atoms with Crippen LogP contribution in [0.25, 0.3) is 10.2 Å². The minimum atomic E-state index is -0.271. The van der Waals surface area contributed by atoms with Crippen molar-refractivity contribution in [2.75, 3.05) is 10.7 Å². The largest absolute Gasteiger partial charge is 0.284 e. The van der Waals surface area contributed by atoms with E-state index in [0.717, 1.165) is 15.2 Å². The maximum Gasteiger partial charge on any atom is 0.229 e. The van der Waals surface area contributed by atoms with Crippen molar-refractivity contribution >= 4 is 56.0 Å². The summed E-state index contributed by atoms with van der Waals surface area (Å²) in [5.74, 6) is 0.274. The summed E-state index contributed by atoms with van der Waals surface area (Å²) in [6, 6.07) is 15.7. The van der Waals surface area contributed by atoms with E-state index in [1.807, 2.05) is 24.3 Å². The Hall–Kier alpha value is -2.48. The lowest BCUT2D eigenvalue weighted by molar-refractivity contribution is -0.118. The van der Waals surface area contributed by atoms with Crippen molar-refractivity contribution in [3.05, 3.63) is 83.4 Å². The van der Waals surface area contributed by atoms with E-state index in [1.165, 1.54) is 35.2 Å². The molecule has 1 amide bonds. The number of benzene rings is 2. The number of pyridine rings is 1. The standard InChI is InChI=1S/C22H17ClFN3OS2/c23-18-4-1-5-19-21(18)26-22(30-19)27(14-15-3-2-11-25-13-15)20(28)10-12-29-17-8-6-16(24)7-9-17/h1-9,11,13H,10,12,14H2. The Labute approximate surface area is 186 Å². The van der Waals surface area contributed by atoms with Crippen LogP contribution in [0.15, 0.2) is 71.9 Å². The number of halogens is 2. The van der Waals surface area contributed by atoms with Gasteiger partial charge in [0.2, 0.25) is 5.91 Å². The lowest BCUT2D eigenvalue weighted by atomic mass is 10.2. The van der Waals surface area contributed by atoms with E-state index in [-0.39, 0.29) is 11.7 Å². The molecule has 0 fully saturated rings. The van der Waals surface area contributed by atoms with Crippen molar-refractivity contribution < 1.29 is 9.18 Å². The molecule has 0 aliphatic carbocycles. The van der Waals surface area contributed by atoms with Crippen LogP contribution in [0, 0.1) is 5.82 Å². The van der Waals surface area contributed by atoms with Crippen molar-refractivity contribution in [2.24, 2.45) is 0 Å². The minimum absolute atomic E-state index is 0.0383. The van der Waals surface area contributed by atoms with Crippen LogP contribution >= 0.6 is 34.7 Å². The SMILES string of the molecule is O=C(CCSc1ccc(F)cc1)N(Cc1cccnc1)c1nc2c(Cl)cccc2s1. The highest BCUT2D eigenvalue weighted by molar-refractivity contribution is 7.99. The van der Waals surface area contributed by atoms with Gasteiger partial charge in [-0.25, -0.2) is 9.37 Å². The third-order valence-corrected chi connectivity index (χ3v) is 6.71. The molecule has 0 unspecified atom stereocenters. The number of carbonyl (C=O) groups excluding carboxylic acids is 1. The van der Waals surface area contributed by atoms with Crippen LogP contribution in [0.3, 0.4) is 0 Å². The first-order valence-electron chi connectivity index (χ1n) is 9.23. The monoisotopic (exact) mass is 457 g/mol. The Morgan fingerprint density at radius 1 is 1.13 bits per heavy atom. The molecule has 0 bridgehead atoms. The summed E-state index contributed by atoms with van der Waals surface area (Å²) in [4.78, 5) is 24.5. The molecule has 4 aromatic rings. The summed E-state index contributed by atoms with van der Waals surface area (Å²) in [6.07, 6.45) is 3.77. The van der Waals surface area contributed by atoms with Crippen molar-refractivity contribution in [3.8, 4) is 0 Å². The first-order chi connectivity index (χ1) is 14.6. The van der Waals surface area contributed by atoms with Crippen LogP contribution in [0.5, 0.6) is 0 Å². The third-order valence-electron chi connectivity index (χ3n) is 4.35. The molecule has 0 saturated heterocycles. The number of amides is 1. The van der Waals surface area contributed by atoms with Crippen LogP contribution in [0.1, 0.15) is 12.0 Å². The summed E-state index contributed by atoms with van der Waals surface area (Å²) >= 11 is 9.24. The minimum Gasteiger partial charge on any atom is -0.284 e. The molecule has 8 heteroatoms. The molecule has 0 spiro atoms. The fourth-order valence-corrected chi connectivity index (χ4v) is 5.00. The second kappa shape index (κ2) is 9.55. The van der Waals surface area contributed by atoms with Gasteiger partial charge >= 0.3 is 0 Å². The normalized spacial score (nSPS) is 11.0. The maximum absolute atomic E-state index is 13.1. The van der Waals surface area contributed by atoms with Gasteiger partial charge in [-0.15, -0.1) is 11.8 Å². The zero-order valence-electron chi connectivity index (χ0n) is 15.8. The average Bonchev–Trinajstić information content (AvgIpc) is 3.19. The van der Waals surface area contributed by atoms with Crippen LogP contribution in [-0.4, -0.2) is 21.6 Å². The zero-order chi connectivity index (χ0) is 20.9. The van der Waals surface area contributed by atoms with E-state index < -0.39 is 0 Å². The number of thioether (sulfide) groups is 1. The average molecular weight is 458 g/mol. The molecule has 2 aromatic heterocycles. The van der Waals surface area contributed by atoms with Gasteiger partial charge in [0.15, 0.2) is 5.13 Å². The maximum atomic E-state index is 13.1. The molecular formula is C22H17ClFN3OS2. The summed E-state index contributed by atoms with van der Waals surface area (Å²) in [5.41, 5.74) is 1.62. The molecule has 0 N–H and O–H groups in total. The number of thiazole rings is 1. The summed E-state index contributed by atoms with van der Waals surface area (Å²) in [5, 5.41) is 1.18. The molecule has 4 nitrogen and oxygen atoms in total. The van der Waals surface area contributed by atoms with Crippen LogP contribution in [-0.2, 0) is 11.3 Å². The predicted molar refractivity (Wildman–Crippen MR) is 122 cm³/mol. The van der Waals surface area contributed by atoms with Gasteiger partial charge in [0, 0.05) is 29.5 Å². The van der Waals surface area contributed by atoms with Gasteiger partial charge in [-0.05, 0) is 48.0 Å². The second-order valence-corrected chi connectivity index (χ2v) is 9.06. The summed E-state index contributed by atoms with van der Waals surface area (Å²) in [6.45, 7) is 0.380. The van der Waals surface area contributed by atoms with E-state index in [9.17, 15) is 9.18 Å². The van der Waals surface area contributed by atoms with Gasteiger partial charge < -0.3 is 0 Å². The van der Waals surface area contributed by atoms with Crippen LogP contribution in [0.2, 0.25) is 5.02 Å². The zero-order valence-corrected chi connectivity index (χ0v) is 18.2. The summed E-state index contributed by atoms with van der Waals surface area (Å²) in [7, 11) is 0. The molecule has 0 aliphatic rings. The van der Waals surface area contributed by atoms with Crippen molar-refractivity contribution in [1.82, 2.24) is 9.97 Å². The quantitative estimate of drug-likeness (QED) is 0.310. The van der Waals surface area contributed by atoms with E-state index in [0.29, 0.717) is 34.4 Å². The molecule has 30 heavy (non-hydrogen) atoms. The van der Waals surface area contributed by atoms with Crippen molar-refractivity contribution in [1.29, 1.82) is 0 Å². The van der Waals surface area contributed by atoms with Crippen LogP contribution < -0.4 is 4.90 Å². The number of aromatic nitrogens is 2. The topological polar surface area (TPSA) is 46.1 Å². The Morgan fingerprint density at radius 3 is 2.70 bits per heavy atom. The molecule has 2 aromatic carbocycles. The molecule has 0 radical (unpaired) electrons. The molecule has 2 heterocycles. The molecule has 0 atom stereocenters. The van der Waals surface area contributed by atoms with Crippen LogP contribution in [0.4, 0.5) is 9.52 Å². The summed E-state index contributed by atoms with van der Waals surface area (Å²) < 4.78 is 14.0. The fourth-order valence-electron chi connectivity index (χ4n) is 2.88. The highest BCUT2D eigenvalue weighted by atomic mass is 35.5. The van der Waals surface area contributed by atoms with E-state index in [2.05, 4.69) is 9.97 Å². The lowest BCUT2D eigenvalue weighted by Gasteiger charge is -2.20. The number of carbonyl (C=O) groups is 1. The Bertz CT molecular complexity index is 1150. The molecular weight excluding hydrogens is 441 g/mol. The van der Waals surface area contributed by atoms with Gasteiger partial charge in [0.25, 0.3) is 0 Å². The fraction of sp³-hybridized carbons (Fsp3) is 0.136. The smallest absolute Gasteiger partial charge is 0.229 e. The predicted octanol–water partition coefficient (Wildman–Crippen LogP) is 6.20. The van der Waals surface area contributed by atoms with Gasteiger partial charge in [-0.2, -0.15) is 0 Å². The molecule has 152 valence electrons. The molecule has 0 saturated carbocycles. The number of anilines is 1. The number of para-hydroxylation sites is 1. The number of fused-ring (bicyclic) bond motifs is 1. The Balaban J connectivity index is 1.53. The first kappa shape index (κ1) is 20.8. The highest BCUT2D eigenvalue weighted by Gasteiger charge is 2.21. The number of hydrogen-bond acceptors (Lipinski definition) is 5. The molecule has 0 aliphatic heterocycles.